The zero-order valence-electron chi connectivity index (χ0n) is 13.1. The van der Waals surface area contributed by atoms with Gasteiger partial charge in [0.15, 0.2) is 5.11 Å². The van der Waals surface area contributed by atoms with E-state index in [4.69, 9.17) is 35.4 Å². The number of hydrogen-bond acceptors (Lipinski definition) is 3. The molecule has 24 heavy (non-hydrogen) atoms. The molecule has 0 aromatic heterocycles. The summed E-state index contributed by atoms with van der Waals surface area (Å²) in [6.07, 6.45) is 1.99. The van der Waals surface area contributed by atoms with Crippen LogP contribution in [0.25, 0.3) is 0 Å². The standard InChI is InChI=1S/C16H17Cl2N3O2S/c1-9(22)19-10-3-5-11(6-4-10)20-15(24)21-12-7-13(17)14(23)16(2,18)8-12/h3-6,8,23H,7H2,1-2H3,(H,19,22)(H2,20,21,24). The Hall–Kier alpha value is -1.76. The number of benzene rings is 1. The second kappa shape index (κ2) is 7.42. The summed E-state index contributed by atoms with van der Waals surface area (Å²) in [7, 11) is 0. The van der Waals surface area contributed by atoms with E-state index in [1.165, 1.54) is 6.92 Å². The molecule has 1 aromatic carbocycles. The molecule has 2 rings (SSSR count). The lowest BCUT2D eigenvalue weighted by molar-refractivity contribution is -0.114. The minimum Gasteiger partial charge on any atom is -0.509 e. The zero-order valence-corrected chi connectivity index (χ0v) is 15.4. The van der Waals surface area contributed by atoms with E-state index >= 15 is 0 Å². The van der Waals surface area contributed by atoms with Crippen molar-refractivity contribution < 1.29 is 9.90 Å². The highest BCUT2D eigenvalue weighted by molar-refractivity contribution is 7.80. The number of rotatable bonds is 3. The first-order valence-corrected chi connectivity index (χ1v) is 8.28. The molecule has 0 saturated heterocycles. The van der Waals surface area contributed by atoms with Crippen LogP contribution in [-0.4, -0.2) is 21.0 Å². The van der Waals surface area contributed by atoms with Gasteiger partial charge in [0.2, 0.25) is 5.91 Å². The van der Waals surface area contributed by atoms with Crippen LogP contribution in [0.4, 0.5) is 11.4 Å². The number of alkyl halides is 1. The van der Waals surface area contributed by atoms with Gasteiger partial charge < -0.3 is 21.1 Å². The second-order valence-electron chi connectivity index (χ2n) is 5.51. The minimum absolute atomic E-state index is 0.0520. The van der Waals surface area contributed by atoms with Crippen LogP contribution in [0.1, 0.15) is 20.3 Å². The van der Waals surface area contributed by atoms with Crippen molar-refractivity contribution in [1.29, 1.82) is 0 Å². The van der Waals surface area contributed by atoms with E-state index in [1.54, 1.807) is 37.3 Å². The maximum absolute atomic E-state index is 11.0. The van der Waals surface area contributed by atoms with E-state index in [-0.39, 0.29) is 16.7 Å². The van der Waals surface area contributed by atoms with Gasteiger partial charge in [-0.15, -0.1) is 11.6 Å². The monoisotopic (exact) mass is 385 g/mol. The fourth-order valence-corrected chi connectivity index (χ4v) is 3.07. The topological polar surface area (TPSA) is 73.4 Å². The second-order valence-corrected chi connectivity index (χ2v) is 7.16. The van der Waals surface area contributed by atoms with Gasteiger partial charge in [0.05, 0.1) is 5.03 Å². The summed E-state index contributed by atoms with van der Waals surface area (Å²) in [4.78, 5) is 9.93. The lowest BCUT2D eigenvalue weighted by Gasteiger charge is -2.26. The van der Waals surface area contributed by atoms with E-state index in [1.807, 2.05) is 0 Å². The largest absolute Gasteiger partial charge is 0.509 e. The summed E-state index contributed by atoms with van der Waals surface area (Å²) in [6.45, 7) is 3.09. The molecule has 8 heteroatoms. The number of carbonyl (C=O) groups excluding carboxylic acids is 1. The van der Waals surface area contributed by atoms with Gasteiger partial charge in [-0.1, -0.05) is 11.6 Å². The number of aliphatic hydroxyl groups is 1. The first-order valence-electron chi connectivity index (χ1n) is 7.12. The van der Waals surface area contributed by atoms with Gasteiger partial charge in [-0.05, 0) is 49.5 Å². The van der Waals surface area contributed by atoms with Crippen LogP contribution >= 0.6 is 35.4 Å². The zero-order chi connectivity index (χ0) is 17.9. The molecule has 1 amide bonds. The Kier molecular flexibility index (Phi) is 5.74. The molecule has 4 N–H and O–H groups in total. The summed E-state index contributed by atoms with van der Waals surface area (Å²) in [5.74, 6) is -0.182. The lowest BCUT2D eigenvalue weighted by atomic mass is 9.99. The maximum atomic E-state index is 11.0. The van der Waals surface area contributed by atoms with Gasteiger partial charge in [-0.3, -0.25) is 4.79 Å². The van der Waals surface area contributed by atoms with E-state index in [2.05, 4.69) is 16.0 Å². The van der Waals surface area contributed by atoms with Crippen molar-refractivity contribution in [3.05, 3.63) is 46.8 Å². The molecule has 1 aliphatic rings. The SMILES string of the molecule is CC(=O)Nc1ccc(NC(=S)NC2=CC(C)(Cl)C(O)=C(Cl)C2)cc1. The molecule has 0 radical (unpaired) electrons. The molecule has 1 aliphatic carbocycles. The Labute approximate surface area is 155 Å². The van der Waals surface area contributed by atoms with Crippen molar-refractivity contribution in [3.63, 3.8) is 0 Å². The van der Waals surface area contributed by atoms with Crippen molar-refractivity contribution in [3.8, 4) is 0 Å². The third-order valence-electron chi connectivity index (χ3n) is 3.25. The quantitative estimate of drug-likeness (QED) is 0.462. The van der Waals surface area contributed by atoms with E-state index in [0.717, 1.165) is 5.69 Å². The molecule has 0 bridgehead atoms. The Balaban J connectivity index is 1.98. The number of anilines is 2. The lowest BCUT2D eigenvalue weighted by Crippen LogP contribution is -2.32. The number of nitrogens with one attached hydrogen (secondary N) is 3. The van der Waals surface area contributed by atoms with E-state index in [9.17, 15) is 9.90 Å². The molecule has 0 spiro atoms. The maximum Gasteiger partial charge on any atom is 0.221 e. The van der Waals surface area contributed by atoms with Gasteiger partial charge in [0, 0.05) is 30.4 Å². The predicted molar refractivity (Wildman–Crippen MR) is 103 cm³/mol. The van der Waals surface area contributed by atoms with Gasteiger partial charge in [0.25, 0.3) is 0 Å². The molecule has 5 nitrogen and oxygen atoms in total. The number of aliphatic hydroxyl groups excluding tert-OH is 1. The molecule has 0 aliphatic heterocycles. The van der Waals surface area contributed by atoms with Crippen molar-refractivity contribution in [2.75, 3.05) is 10.6 Å². The van der Waals surface area contributed by atoms with Crippen LogP contribution in [0.3, 0.4) is 0 Å². The molecule has 0 fully saturated rings. The molecule has 1 atom stereocenters. The summed E-state index contributed by atoms with van der Waals surface area (Å²) in [6, 6.07) is 7.11. The molecular weight excluding hydrogens is 369 g/mol. The van der Waals surface area contributed by atoms with Crippen LogP contribution in [0.2, 0.25) is 0 Å². The fraction of sp³-hybridized carbons (Fsp3) is 0.250. The number of halogens is 2. The Bertz CT molecular complexity index is 727. The third kappa shape index (κ3) is 4.87. The highest BCUT2D eigenvalue weighted by Gasteiger charge is 2.31. The van der Waals surface area contributed by atoms with Crippen molar-refractivity contribution >= 4 is 57.8 Å². The van der Waals surface area contributed by atoms with Crippen LogP contribution in [0.15, 0.2) is 46.8 Å². The third-order valence-corrected chi connectivity index (χ3v) is 4.05. The minimum atomic E-state index is -1.06. The summed E-state index contributed by atoms with van der Waals surface area (Å²) in [5.41, 5.74) is 2.16. The summed E-state index contributed by atoms with van der Waals surface area (Å²) < 4.78 is 0. The molecule has 1 aromatic rings. The molecule has 0 heterocycles. The normalized spacial score (nSPS) is 20.2. The van der Waals surface area contributed by atoms with Crippen LogP contribution < -0.4 is 16.0 Å². The highest BCUT2D eigenvalue weighted by atomic mass is 35.5. The van der Waals surface area contributed by atoms with E-state index in [0.29, 0.717) is 22.9 Å². The van der Waals surface area contributed by atoms with Crippen LogP contribution in [-0.2, 0) is 4.79 Å². The Morgan fingerprint density at radius 3 is 2.25 bits per heavy atom. The van der Waals surface area contributed by atoms with Gasteiger partial charge in [-0.2, -0.15) is 0 Å². The first kappa shape index (κ1) is 18.6. The first-order chi connectivity index (χ1) is 11.2. The fourth-order valence-electron chi connectivity index (χ4n) is 2.19. The van der Waals surface area contributed by atoms with Gasteiger partial charge >= 0.3 is 0 Å². The average molecular weight is 386 g/mol. The molecule has 128 valence electrons. The smallest absolute Gasteiger partial charge is 0.221 e. The summed E-state index contributed by atoms with van der Waals surface area (Å²) >= 11 is 17.5. The Morgan fingerprint density at radius 2 is 1.75 bits per heavy atom. The number of amides is 1. The van der Waals surface area contributed by atoms with Gasteiger partial charge in [-0.25, -0.2) is 0 Å². The number of thiocarbonyl (C=S) groups is 1. The van der Waals surface area contributed by atoms with Crippen molar-refractivity contribution in [1.82, 2.24) is 5.32 Å². The highest BCUT2D eigenvalue weighted by Crippen LogP contribution is 2.36. The molecule has 1 unspecified atom stereocenters. The summed E-state index contributed by atoms with van der Waals surface area (Å²) in [5, 5.41) is 19.2. The van der Waals surface area contributed by atoms with E-state index < -0.39 is 4.87 Å². The van der Waals surface area contributed by atoms with Crippen LogP contribution in [0, 0.1) is 0 Å². The van der Waals surface area contributed by atoms with Gasteiger partial charge in [0.1, 0.15) is 10.6 Å². The van der Waals surface area contributed by atoms with Crippen LogP contribution in [0.5, 0.6) is 0 Å². The Morgan fingerprint density at radius 1 is 1.21 bits per heavy atom. The number of hydrogen-bond donors (Lipinski definition) is 4. The number of allylic oxidation sites excluding steroid dienone is 2. The van der Waals surface area contributed by atoms with Crippen molar-refractivity contribution in [2.24, 2.45) is 0 Å². The molecular formula is C16H17Cl2N3O2S. The number of carbonyl (C=O) groups is 1. The average Bonchev–Trinajstić information content (AvgIpc) is 2.46. The van der Waals surface area contributed by atoms with Crippen molar-refractivity contribution in [2.45, 2.75) is 25.1 Å². The molecule has 0 saturated carbocycles. The predicted octanol–water partition coefficient (Wildman–Crippen LogP) is 4.22.